The molecule has 0 heterocycles. The van der Waals surface area contributed by atoms with Crippen molar-refractivity contribution in [3.63, 3.8) is 0 Å². The number of carboxylic acid groups (broad SMARTS) is 1. The fraction of sp³-hybridized carbons (Fsp3) is 0.943. The van der Waals surface area contributed by atoms with Crippen LogP contribution in [0.5, 0.6) is 0 Å². The van der Waals surface area contributed by atoms with E-state index < -0.39 is 18.0 Å². The number of hydrogen-bond donors (Lipinski definition) is 1. The summed E-state index contributed by atoms with van der Waals surface area (Å²) in [5, 5.41) is 21.8. The second-order valence-electron chi connectivity index (χ2n) is 13.7. The minimum absolute atomic E-state index is 0.0826. The molecule has 0 aliphatic carbocycles. The van der Waals surface area contributed by atoms with Gasteiger partial charge in [-0.05, 0) is 6.42 Å². The number of carboxylic acids is 1. The highest BCUT2D eigenvalue weighted by Crippen LogP contribution is 2.20. The van der Waals surface area contributed by atoms with E-state index in [0.29, 0.717) is 10.9 Å². The van der Waals surface area contributed by atoms with E-state index in [1.165, 1.54) is 141 Å². The number of rotatable bonds is 31. The van der Waals surface area contributed by atoms with Crippen LogP contribution in [-0.2, 0) is 9.59 Å². The standard InChI is InChI=1S/C35H69NO4/c1-5-6-7-8-9-10-11-12-13-14-15-16-17-18-19-20-21-22-23-24-25-26-27-28-29-30-33(37)35(40,31-34(38)39)32-36(2,3)4/h40H,5-32H2,1-4H3. The molecule has 0 radical (unpaired) electrons. The molecule has 1 atom stereocenters. The summed E-state index contributed by atoms with van der Waals surface area (Å²) < 4.78 is 0.328. The van der Waals surface area contributed by atoms with Crippen molar-refractivity contribution in [3.05, 3.63) is 0 Å². The Morgan fingerprint density at radius 2 is 0.825 bits per heavy atom. The van der Waals surface area contributed by atoms with Crippen molar-refractivity contribution in [2.75, 3.05) is 27.7 Å². The third kappa shape index (κ3) is 26.0. The fourth-order valence-corrected chi connectivity index (χ4v) is 5.92. The van der Waals surface area contributed by atoms with Crippen LogP contribution >= 0.6 is 0 Å². The Morgan fingerprint density at radius 3 is 1.07 bits per heavy atom. The molecule has 0 aromatic carbocycles. The Balaban J connectivity index is 3.44. The highest BCUT2D eigenvalue weighted by molar-refractivity contribution is 5.90. The first-order valence-corrected chi connectivity index (χ1v) is 17.4. The van der Waals surface area contributed by atoms with Crippen LogP contribution in [-0.4, -0.2) is 54.6 Å². The highest BCUT2D eigenvalue weighted by atomic mass is 16.4. The largest absolute Gasteiger partial charge is 0.550 e. The van der Waals surface area contributed by atoms with Gasteiger partial charge in [0.05, 0.1) is 21.1 Å². The van der Waals surface area contributed by atoms with Crippen molar-refractivity contribution < 1.29 is 24.3 Å². The number of ketones is 1. The molecule has 40 heavy (non-hydrogen) atoms. The zero-order valence-corrected chi connectivity index (χ0v) is 27.4. The van der Waals surface area contributed by atoms with Gasteiger partial charge in [0.25, 0.3) is 0 Å². The van der Waals surface area contributed by atoms with E-state index in [1.807, 2.05) is 21.1 Å². The summed E-state index contributed by atoms with van der Waals surface area (Å²) >= 11 is 0. The topological polar surface area (TPSA) is 77.4 Å². The highest BCUT2D eigenvalue weighted by Gasteiger charge is 2.40. The predicted octanol–water partition coefficient (Wildman–Crippen LogP) is 8.30. The lowest BCUT2D eigenvalue weighted by Crippen LogP contribution is -2.56. The maximum atomic E-state index is 12.6. The molecule has 0 saturated carbocycles. The first kappa shape index (κ1) is 39.1. The molecule has 0 rings (SSSR count). The Bertz CT molecular complexity index is 601. The summed E-state index contributed by atoms with van der Waals surface area (Å²) in [6.45, 7) is 2.37. The van der Waals surface area contributed by atoms with Crippen molar-refractivity contribution in [3.8, 4) is 0 Å². The zero-order valence-electron chi connectivity index (χ0n) is 27.4. The summed E-state index contributed by atoms with van der Waals surface area (Å²) in [6, 6.07) is 0. The van der Waals surface area contributed by atoms with E-state index in [1.54, 1.807) is 0 Å². The number of Topliss-reactive ketones (excluding diaryl/α,β-unsaturated/α-hetero) is 1. The molecular formula is C35H69NO4. The lowest BCUT2D eigenvalue weighted by atomic mass is 9.89. The van der Waals surface area contributed by atoms with Crippen LogP contribution in [0, 0.1) is 0 Å². The number of hydrogen-bond acceptors (Lipinski definition) is 4. The zero-order chi connectivity index (χ0) is 30.0. The van der Waals surface area contributed by atoms with E-state index in [-0.39, 0.29) is 18.7 Å². The second kappa shape index (κ2) is 25.7. The molecule has 0 aromatic rings. The van der Waals surface area contributed by atoms with Gasteiger partial charge in [-0.3, -0.25) is 4.79 Å². The van der Waals surface area contributed by atoms with Gasteiger partial charge in [-0.15, -0.1) is 0 Å². The molecule has 0 spiro atoms. The van der Waals surface area contributed by atoms with Crippen LogP contribution in [0.15, 0.2) is 0 Å². The van der Waals surface area contributed by atoms with Gasteiger partial charge in [0.1, 0.15) is 6.54 Å². The molecular weight excluding hydrogens is 498 g/mol. The Morgan fingerprint density at radius 1 is 0.550 bits per heavy atom. The summed E-state index contributed by atoms with van der Waals surface area (Å²) in [6.07, 6.45) is 33.1. The normalized spacial score (nSPS) is 13.4. The van der Waals surface area contributed by atoms with E-state index in [2.05, 4.69) is 6.92 Å². The third-order valence-electron chi connectivity index (χ3n) is 8.20. The molecule has 0 bridgehead atoms. The Hall–Kier alpha value is -0.940. The molecule has 0 aliphatic rings. The molecule has 0 aliphatic heterocycles. The van der Waals surface area contributed by atoms with Gasteiger partial charge in [-0.2, -0.15) is 0 Å². The SMILES string of the molecule is CCCCCCCCCCCCCCCCCCCCCCCCCCCC(=O)C(O)(CC(=O)[O-])C[N+](C)(C)C. The first-order valence-electron chi connectivity index (χ1n) is 17.4. The Kier molecular flexibility index (Phi) is 25.1. The number of aliphatic carboxylic acids is 1. The van der Waals surface area contributed by atoms with Crippen molar-refractivity contribution in [2.45, 2.75) is 186 Å². The smallest absolute Gasteiger partial charge is 0.177 e. The number of carbonyl (C=O) groups is 2. The van der Waals surface area contributed by atoms with Gasteiger partial charge in [0.15, 0.2) is 11.4 Å². The minimum Gasteiger partial charge on any atom is -0.550 e. The summed E-state index contributed by atoms with van der Waals surface area (Å²) in [5.41, 5.74) is -1.83. The third-order valence-corrected chi connectivity index (χ3v) is 8.20. The summed E-state index contributed by atoms with van der Waals surface area (Å²) in [4.78, 5) is 23.6. The maximum absolute atomic E-state index is 12.6. The van der Waals surface area contributed by atoms with E-state index in [0.717, 1.165) is 12.8 Å². The molecule has 238 valence electrons. The lowest BCUT2D eigenvalue weighted by molar-refractivity contribution is -0.875. The molecule has 1 unspecified atom stereocenters. The van der Waals surface area contributed by atoms with Crippen molar-refractivity contribution >= 4 is 11.8 Å². The van der Waals surface area contributed by atoms with Gasteiger partial charge in [0.2, 0.25) is 0 Å². The number of carbonyl (C=O) groups excluding carboxylic acids is 2. The average Bonchev–Trinajstić information content (AvgIpc) is 2.87. The second-order valence-corrected chi connectivity index (χ2v) is 13.7. The summed E-state index contributed by atoms with van der Waals surface area (Å²) in [7, 11) is 5.53. The summed E-state index contributed by atoms with van der Waals surface area (Å²) in [5.74, 6) is -1.74. The predicted molar refractivity (Wildman–Crippen MR) is 168 cm³/mol. The molecule has 0 saturated heterocycles. The maximum Gasteiger partial charge on any atom is 0.177 e. The molecule has 5 heteroatoms. The number of aliphatic hydroxyl groups is 1. The van der Waals surface area contributed by atoms with Crippen LogP contribution in [0.25, 0.3) is 0 Å². The molecule has 1 N–H and O–H groups in total. The van der Waals surface area contributed by atoms with Gasteiger partial charge in [-0.25, -0.2) is 0 Å². The first-order chi connectivity index (χ1) is 19.1. The number of nitrogens with zero attached hydrogens (tertiary/aromatic N) is 1. The average molecular weight is 568 g/mol. The van der Waals surface area contributed by atoms with Crippen molar-refractivity contribution in [1.82, 2.24) is 0 Å². The molecule has 0 fully saturated rings. The Labute approximate surface area is 249 Å². The molecule has 0 amide bonds. The lowest BCUT2D eigenvalue weighted by Gasteiger charge is -2.34. The molecule has 0 aromatic heterocycles. The fourth-order valence-electron chi connectivity index (χ4n) is 5.92. The van der Waals surface area contributed by atoms with Gasteiger partial charge in [-0.1, -0.05) is 161 Å². The van der Waals surface area contributed by atoms with Crippen LogP contribution in [0.2, 0.25) is 0 Å². The van der Waals surface area contributed by atoms with E-state index in [9.17, 15) is 19.8 Å². The van der Waals surface area contributed by atoms with Crippen molar-refractivity contribution in [1.29, 1.82) is 0 Å². The molecule has 5 nitrogen and oxygen atoms in total. The van der Waals surface area contributed by atoms with E-state index >= 15 is 0 Å². The van der Waals surface area contributed by atoms with Crippen molar-refractivity contribution in [2.24, 2.45) is 0 Å². The van der Waals surface area contributed by atoms with Crippen LogP contribution in [0.3, 0.4) is 0 Å². The number of likely N-dealkylation sites (N-methyl/N-ethyl adjacent to an activating group) is 1. The monoisotopic (exact) mass is 568 g/mol. The minimum atomic E-state index is -1.83. The van der Waals surface area contributed by atoms with Gasteiger partial charge < -0.3 is 19.5 Å². The van der Waals surface area contributed by atoms with Crippen LogP contribution in [0.4, 0.5) is 0 Å². The van der Waals surface area contributed by atoms with Crippen LogP contribution in [0.1, 0.15) is 180 Å². The number of quaternary nitrogens is 1. The van der Waals surface area contributed by atoms with Gasteiger partial charge in [0, 0.05) is 18.8 Å². The van der Waals surface area contributed by atoms with E-state index in [4.69, 9.17) is 0 Å². The van der Waals surface area contributed by atoms with Gasteiger partial charge >= 0.3 is 0 Å². The number of unbranched alkanes of at least 4 members (excludes halogenated alkanes) is 24. The quantitative estimate of drug-likeness (QED) is 0.0675. The van der Waals surface area contributed by atoms with Crippen LogP contribution < -0.4 is 5.11 Å².